The SMILES string of the molecule is CC1(C)CCCN1S(=O)(=O)CCC1CCOC1=O. The Balaban J connectivity index is 1.97. The summed E-state index contributed by atoms with van der Waals surface area (Å²) in [7, 11) is -3.25. The summed E-state index contributed by atoms with van der Waals surface area (Å²) in [5.41, 5.74) is -0.283. The average Bonchev–Trinajstić information content (AvgIpc) is 2.81. The molecule has 2 rings (SSSR count). The molecule has 0 aliphatic carbocycles. The third-order valence-electron chi connectivity index (χ3n) is 3.93. The van der Waals surface area contributed by atoms with Crippen molar-refractivity contribution >= 4 is 16.0 Å². The smallest absolute Gasteiger partial charge is 0.309 e. The van der Waals surface area contributed by atoms with Crippen molar-refractivity contribution in [1.82, 2.24) is 4.31 Å². The van der Waals surface area contributed by atoms with Crippen LogP contribution in [0.25, 0.3) is 0 Å². The molecule has 1 atom stereocenters. The van der Waals surface area contributed by atoms with E-state index in [0.29, 0.717) is 26.0 Å². The Bertz CT molecular complexity index is 429. The van der Waals surface area contributed by atoms with Gasteiger partial charge in [-0.2, -0.15) is 4.31 Å². The molecule has 2 fully saturated rings. The van der Waals surface area contributed by atoms with Crippen LogP contribution in [0.15, 0.2) is 0 Å². The number of nitrogens with zero attached hydrogens (tertiary/aromatic N) is 1. The summed E-state index contributed by atoms with van der Waals surface area (Å²) in [6.45, 7) is 4.95. The monoisotopic (exact) mass is 275 g/mol. The molecule has 2 heterocycles. The molecule has 0 aromatic rings. The average molecular weight is 275 g/mol. The fourth-order valence-electron chi connectivity index (χ4n) is 2.80. The molecule has 104 valence electrons. The number of carbonyl (C=O) groups is 1. The zero-order chi connectivity index (χ0) is 13.4. The van der Waals surface area contributed by atoms with Crippen molar-refractivity contribution in [3.8, 4) is 0 Å². The van der Waals surface area contributed by atoms with Gasteiger partial charge in [0.15, 0.2) is 0 Å². The topological polar surface area (TPSA) is 63.7 Å². The first-order valence-corrected chi connectivity index (χ1v) is 8.11. The van der Waals surface area contributed by atoms with Gasteiger partial charge in [0.25, 0.3) is 0 Å². The minimum absolute atomic E-state index is 0.0518. The van der Waals surface area contributed by atoms with Crippen molar-refractivity contribution in [2.75, 3.05) is 18.9 Å². The fourth-order valence-corrected chi connectivity index (χ4v) is 4.85. The molecule has 0 aromatic carbocycles. The Kier molecular flexibility index (Phi) is 3.69. The number of carbonyl (C=O) groups excluding carboxylic acids is 1. The summed E-state index contributed by atoms with van der Waals surface area (Å²) in [6.07, 6.45) is 2.85. The van der Waals surface area contributed by atoms with Gasteiger partial charge in [-0.05, 0) is 39.5 Å². The van der Waals surface area contributed by atoms with Crippen molar-refractivity contribution in [3.05, 3.63) is 0 Å². The molecule has 0 saturated carbocycles. The predicted octanol–water partition coefficient (Wildman–Crippen LogP) is 1.14. The zero-order valence-electron chi connectivity index (χ0n) is 11.0. The van der Waals surface area contributed by atoms with E-state index in [4.69, 9.17) is 4.74 Å². The molecule has 0 aromatic heterocycles. The second-order valence-electron chi connectivity index (χ2n) is 5.75. The van der Waals surface area contributed by atoms with Crippen LogP contribution >= 0.6 is 0 Å². The van der Waals surface area contributed by atoms with Crippen LogP contribution in [0, 0.1) is 5.92 Å². The van der Waals surface area contributed by atoms with E-state index in [9.17, 15) is 13.2 Å². The van der Waals surface area contributed by atoms with Crippen LogP contribution in [-0.4, -0.2) is 43.1 Å². The van der Waals surface area contributed by atoms with E-state index >= 15 is 0 Å². The van der Waals surface area contributed by atoms with Crippen molar-refractivity contribution in [2.45, 2.75) is 45.1 Å². The molecule has 0 amide bonds. The highest BCUT2D eigenvalue weighted by Gasteiger charge is 2.40. The standard InChI is InChI=1S/C12H21NO4S/c1-12(2)6-3-7-13(12)18(15,16)9-5-10-4-8-17-11(10)14/h10H,3-9H2,1-2H3. The van der Waals surface area contributed by atoms with Crippen molar-refractivity contribution in [3.63, 3.8) is 0 Å². The molecule has 0 spiro atoms. The molecule has 18 heavy (non-hydrogen) atoms. The Morgan fingerprint density at radius 2 is 2.17 bits per heavy atom. The van der Waals surface area contributed by atoms with Gasteiger partial charge >= 0.3 is 5.97 Å². The van der Waals surface area contributed by atoms with E-state index in [1.807, 2.05) is 13.8 Å². The van der Waals surface area contributed by atoms with Crippen molar-refractivity contribution in [2.24, 2.45) is 5.92 Å². The number of hydrogen-bond acceptors (Lipinski definition) is 4. The Morgan fingerprint density at radius 3 is 2.67 bits per heavy atom. The molecular weight excluding hydrogens is 254 g/mol. The summed E-state index contributed by atoms with van der Waals surface area (Å²) in [6, 6.07) is 0. The quantitative estimate of drug-likeness (QED) is 0.722. The van der Waals surface area contributed by atoms with Gasteiger partial charge in [0.2, 0.25) is 10.0 Å². The number of cyclic esters (lactones) is 1. The maximum Gasteiger partial charge on any atom is 0.309 e. The lowest BCUT2D eigenvalue weighted by atomic mass is 10.0. The predicted molar refractivity (Wildman–Crippen MR) is 67.5 cm³/mol. The van der Waals surface area contributed by atoms with Gasteiger partial charge in [0, 0.05) is 12.1 Å². The minimum Gasteiger partial charge on any atom is -0.465 e. The largest absolute Gasteiger partial charge is 0.465 e. The number of esters is 1. The maximum absolute atomic E-state index is 12.3. The van der Waals surface area contributed by atoms with Gasteiger partial charge in [-0.25, -0.2) is 8.42 Å². The summed E-state index contributed by atoms with van der Waals surface area (Å²) in [5, 5.41) is 0. The summed E-state index contributed by atoms with van der Waals surface area (Å²) < 4.78 is 31.0. The second-order valence-corrected chi connectivity index (χ2v) is 7.76. The highest BCUT2D eigenvalue weighted by molar-refractivity contribution is 7.89. The fraction of sp³-hybridized carbons (Fsp3) is 0.917. The van der Waals surface area contributed by atoms with Gasteiger partial charge in [0.05, 0.1) is 18.3 Å². The Morgan fingerprint density at radius 1 is 1.44 bits per heavy atom. The van der Waals surface area contributed by atoms with Crippen LogP contribution in [0.4, 0.5) is 0 Å². The maximum atomic E-state index is 12.3. The Labute approximate surface area is 109 Å². The van der Waals surface area contributed by atoms with E-state index in [2.05, 4.69) is 0 Å². The van der Waals surface area contributed by atoms with E-state index in [1.54, 1.807) is 4.31 Å². The molecule has 0 radical (unpaired) electrons. The van der Waals surface area contributed by atoms with Crippen LogP contribution in [0.3, 0.4) is 0 Å². The number of sulfonamides is 1. The molecule has 5 nitrogen and oxygen atoms in total. The van der Waals surface area contributed by atoms with Crippen molar-refractivity contribution < 1.29 is 17.9 Å². The molecular formula is C12H21NO4S. The summed E-state index contributed by atoms with van der Waals surface area (Å²) in [5.74, 6) is -0.424. The number of rotatable bonds is 4. The van der Waals surface area contributed by atoms with Gasteiger partial charge in [-0.3, -0.25) is 4.79 Å². The van der Waals surface area contributed by atoms with Gasteiger partial charge in [0.1, 0.15) is 0 Å². The van der Waals surface area contributed by atoms with E-state index in [1.165, 1.54) is 0 Å². The lowest BCUT2D eigenvalue weighted by Crippen LogP contribution is -2.44. The van der Waals surface area contributed by atoms with E-state index in [-0.39, 0.29) is 23.2 Å². The summed E-state index contributed by atoms with van der Waals surface area (Å²) in [4.78, 5) is 11.3. The van der Waals surface area contributed by atoms with Crippen LogP contribution in [-0.2, 0) is 19.6 Å². The van der Waals surface area contributed by atoms with Crippen LogP contribution in [0.2, 0.25) is 0 Å². The van der Waals surface area contributed by atoms with Crippen LogP contribution in [0.1, 0.15) is 39.5 Å². The highest BCUT2D eigenvalue weighted by Crippen LogP contribution is 2.32. The highest BCUT2D eigenvalue weighted by atomic mass is 32.2. The van der Waals surface area contributed by atoms with Gasteiger partial charge in [-0.1, -0.05) is 0 Å². The first kappa shape index (κ1) is 13.8. The molecule has 6 heteroatoms. The van der Waals surface area contributed by atoms with Crippen LogP contribution in [0.5, 0.6) is 0 Å². The van der Waals surface area contributed by atoms with Crippen LogP contribution < -0.4 is 0 Å². The third-order valence-corrected chi connectivity index (χ3v) is 6.03. The summed E-state index contributed by atoms with van der Waals surface area (Å²) >= 11 is 0. The van der Waals surface area contributed by atoms with Crippen molar-refractivity contribution in [1.29, 1.82) is 0 Å². The lowest BCUT2D eigenvalue weighted by molar-refractivity contribution is -0.141. The molecule has 2 aliphatic rings. The molecule has 2 aliphatic heterocycles. The molecule has 0 N–H and O–H groups in total. The van der Waals surface area contributed by atoms with E-state index in [0.717, 1.165) is 12.8 Å². The number of ether oxygens (including phenoxy) is 1. The zero-order valence-corrected chi connectivity index (χ0v) is 11.8. The first-order valence-electron chi connectivity index (χ1n) is 6.50. The Hall–Kier alpha value is -0.620. The second kappa shape index (κ2) is 4.81. The molecule has 2 saturated heterocycles. The first-order chi connectivity index (χ1) is 8.33. The molecule has 1 unspecified atom stereocenters. The minimum atomic E-state index is -3.25. The number of hydrogen-bond donors (Lipinski definition) is 0. The van der Waals surface area contributed by atoms with Gasteiger partial charge in [-0.15, -0.1) is 0 Å². The molecule has 0 bridgehead atoms. The van der Waals surface area contributed by atoms with E-state index < -0.39 is 10.0 Å². The van der Waals surface area contributed by atoms with Gasteiger partial charge < -0.3 is 4.74 Å². The normalized spacial score (nSPS) is 28.6. The lowest BCUT2D eigenvalue weighted by Gasteiger charge is -2.30. The third kappa shape index (κ3) is 2.69.